The maximum atomic E-state index is 4.78. The molecule has 0 unspecified atom stereocenters. The van der Waals surface area contributed by atoms with Gasteiger partial charge < -0.3 is 118 Å². The minimum absolute atomic E-state index is 0. The van der Waals surface area contributed by atoms with Crippen molar-refractivity contribution >= 4 is 117 Å². The van der Waals surface area contributed by atoms with Crippen LogP contribution in [-0.2, 0) is 71.6 Å². The average molecular weight is 733 g/mol. The van der Waals surface area contributed by atoms with Crippen LogP contribution in [-0.4, -0.2) is 58.3 Å². The monoisotopic (exact) mass is 734 g/mol. The number of ether oxygens (including phenoxy) is 4. The predicted molar refractivity (Wildman–Crippen MR) is 157 cm³/mol. The zero-order valence-corrected chi connectivity index (χ0v) is 26.3. The van der Waals surface area contributed by atoms with Crippen molar-refractivity contribution in [2.24, 2.45) is 0 Å². The summed E-state index contributed by atoms with van der Waals surface area (Å²) in [5, 5.41) is 24.6. The van der Waals surface area contributed by atoms with Crippen LogP contribution in [0.5, 0.6) is 23.5 Å². The molecule has 4 aromatic heterocycles. The van der Waals surface area contributed by atoms with E-state index in [1.807, 2.05) is 0 Å². The first-order chi connectivity index (χ1) is 17.2. The smallest absolute Gasteiger partial charge is 0.460 e. The average Bonchev–Trinajstić information content (AvgIpc) is 3.58. The van der Waals surface area contributed by atoms with Crippen molar-refractivity contribution in [2.45, 2.75) is 0 Å². The maximum absolute atomic E-state index is 4.78. The van der Waals surface area contributed by atoms with Gasteiger partial charge in [0.15, 0.2) is 0 Å². The number of aromatic nitrogens is 8. The van der Waals surface area contributed by atoms with E-state index in [0.29, 0.717) is 23.5 Å². The van der Waals surface area contributed by atoms with Gasteiger partial charge in [0.25, 0.3) is 0 Å². The van der Waals surface area contributed by atoms with Crippen LogP contribution in [0.3, 0.4) is 0 Å². The van der Waals surface area contributed by atoms with Gasteiger partial charge in [0.2, 0.25) is 23.5 Å². The minimum Gasteiger partial charge on any atom is -0.460 e. The zero-order chi connectivity index (χ0) is 26.8. The number of hydrogen-bond acceptors (Lipinski definition) is 16. The van der Waals surface area contributed by atoms with Crippen LogP contribution in [0.1, 0.15) is 0 Å². The Kier molecular flexibility index (Phi) is 19.8. The molecule has 0 amide bonds. The third-order valence-electron chi connectivity index (χ3n) is 2.67. The fourth-order valence-electron chi connectivity index (χ4n) is 1.56. The Hall–Kier alpha value is -2.03. The molecule has 4 N–H and O–H groups in total. The fraction of sp³-hybridized carbons (Fsp3) is 0. The molecule has 0 fully saturated rings. The van der Waals surface area contributed by atoms with E-state index >= 15 is 0 Å². The van der Waals surface area contributed by atoms with E-state index in [1.54, 1.807) is 49.1 Å². The standard InChI is InChI=1S/4C4H4N2OS2.Mo/c4*8-4(9)7-3-1-2-5-6-3;/h4*1-2H,(H,5,6)(H,8,9);/q;;;;+4/p-4. The molecule has 12 nitrogen and oxygen atoms in total. The third kappa shape index (κ3) is 19.7. The molecule has 4 aromatic rings. The van der Waals surface area contributed by atoms with Gasteiger partial charge in [0, 0.05) is 41.8 Å². The molecule has 0 radical (unpaired) electrons. The van der Waals surface area contributed by atoms with E-state index in [1.165, 1.54) is 0 Å². The number of nitrogens with zero attached hydrogens (tertiary/aromatic N) is 4. The number of nitrogens with one attached hydrogen (secondary N) is 4. The molecule has 0 spiro atoms. The van der Waals surface area contributed by atoms with E-state index in [2.05, 4.69) is 140 Å². The molecular weight excluding hydrogens is 721 g/mol. The first-order valence-electron chi connectivity index (χ1n) is 8.68. The van der Waals surface area contributed by atoms with Crippen LogP contribution in [0.4, 0.5) is 0 Å². The molecule has 0 aromatic carbocycles. The summed E-state index contributed by atoms with van der Waals surface area (Å²) in [5.41, 5.74) is 0. The summed E-state index contributed by atoms with van der Waals surface area (Å²) in [4.78, 5) is 0. The van der Waals surface area contributed by atoms with Gasteiger partial charge in [-0.2, -0.15) is 20.4 Å². The quantitative estimate of drug-likeness (QED) is 0.138. The summed E-state index contributed by atoms with van der Waals surface area (Å²) in [6, 6.07) is 6.55. The number of H-pyrrole nitrogens is 4. The van der Waals surface area contributed by atoms with E-state index < -0.39 is 0 Å². The number of aromatic amines is 4. The fourth-order valence-corrected chi connectivity index (χ4v) is 2.28. The minimum atomic E-state index is 0. The summed E-state index contributed by atoms with van der Waals surface area (Å²) in [5.74, 6) is 1.93. The van der Waals surface area contributed by atoms with Crippen molar-refractivity contribution in [3.63, 3.8) is 0 Å². The van der Waals surface area contributed by atoms with Crippen molar-refractivity contribution in [1.29, 1.82) is 0 Å². The molecule has 4 rings (SSSR count). The van der Waals surface area contributed by atoms with Crippen molar-refractivity contribution in [2.75, 3.05) is 0 Å². The molecule has 194 valence electrons. The second-order valence-corrected chi connectivity index (χ2v) is 9.09. The second-order valence-electron chi connectivity index (χ2n) is 5.09. The zero-order valence-electron chi connectivity index (χ0n) is 17.7. The van der Waals surface area contributed by atoms with Crippen molar-refractivity contribution in [1.82, 2.24) is 40.8 Å². The van der Waals surface area contributed by atoms with Crippen LogP contribution >= 0.6 is 48.9 Å². The van der Waals surface area contributed by atoms with Gasteiger partial charge >= 0.3 is 21.1 Å². The first kappa shape index (κ1) is 35.0. The van der Waals surface area contributed by atoms with Crippen molar-refractivity contribution in [3.05, 3.63) is 49.1 Å². The molecule has 4 heterocycles. The summed E-state index contributed by atoms with van der Waals surface area (Å²) in [6.07, 6.45) is 6.23. The van der Waals surface area contributed by atoms with E-state index in [-0.39, 0.29) is 38.6 Å². The normalized spacial score (nSPS) is 8.65. The van der Waals surface area contributed by atoms with E-state index in [9.17, 15) is 0 Å². The van der Waals surface area contributed by atoms with Crippen LogP contribution in [0.2, 0.25) is 0 Å². The van der Waals surface area contributed by atoms with Crippen molar-refractivity contribution < 1.29 is 40.0 Å². The molecule has 0 saturated carbocycles. The number of hydrogen-bond donors (Lipinski definition) is 4. The Bertz CT molecular complexity index is 977. The molecule has 0 aliphatic rings. The van der Waals surface area contributed by atoms with Crippen LogP contribution in [0.15, 0.2) is 49.1 Å². The van der Waals surface area contributed by atoms with Gasteiger partial charge in [-0.1, -0.05) is 0 Å². The topological polar surface area (TPSA) is 152 Å². The molecular formula is C16H12MoN8O4S8. The van der Waals surface area contributed by atoms with Gasteiger partial charge in [-0.15, -0.1) is 0 Å². The summed E-state index contributed by atoms with van der Waals surface area (Å²) in [7, 11) is 0. The SMILES string of the molecule is S=C([S-])Oc1ccn[nH]1.S=C([S-])Oc1ccn[nH]1.S=C([S-])Oc1ccn[nH]1.S=C([S-])Oc1ccn[nH]1.[Mo+4]. The molecule has 21 heteroatoms. The van der Waals surface area contributed by atoms with E-state index in [4.69, 9.17) is 18.9 Å². The number of thiocarbonyl (C=S) groups is 4. The summed E-state index contributed by atoms with van der Waals surface area (Å²) < 4.78 is 19.4. The second kappa shape index (κ2) is 21.0. The Labute approximate surface area is 268 Å². The third-order valence-corrected chi connectivity index (χ3v) is 3.34. The molecule has 0 aliphatic heterocycles. The van der Waals surface area contributed by atoms with E-state index in [0.717, 1.165) is 0 Å². The van der Waals surface area contributed by atoms with Gasteiger partial charge in [-0.25, -0.2) is 20.4 Å². The predicted octanol–water partition coefficient (Wildman–Crippen LogP) is 2.48. The molecule has 0 aliphatic carbocycles. The summed E-state index contributed by atoms with van der Waals surface area (Å²) >= 11 is 35.9. The van der Waals surface area contributed by atoms with Crippen LogP contribution in [0.25, 0.3) is 0 Å². The molecule has 0 atom stereocenters. The van der Waals surface area contributed by atoms with Crippen LogP contribution in [0, 0.1) is 0 Å². The molecule has 37 heavy (non-hydrogen) atoms. The Morgan fingerprint density at radius 1 is 0.486 bits per heavy atom. The Balaban J connectivity index is 0.000000463. The largest absolute Gasteiger partial charge is 4.00 e. The van der Waals surface area contributed by atoms with Gasteiger partial charge in [-0.3, -0.25) is 0 Å². The molecule has 0 saturated heterocycles. The Morgan fingerprint density at radius 2 is 0.676 bits per heavy atom. The van der Waals surface area contributed by atoms with Crippen LogP contribution < -0.4 is 18.9 Å². The summed E-state index contributed by atoms with van der Waals surface area (Å²) in [6.45, 7) is 0. The van der Waals surface area contributed by atoms with Gasteiger partial charge in [0.05, 0.1) is 24.8 Å². The number of rotatable bonds is 4. The maximum Gasteiger partial charge on any atom is 4.00 e. The van der Waals surface area contributed by atoms with Crippen molar-refractivity contribution in [3.8, 4) is 23.5 Å². The molecule has 0 bridgehead atoms. The Morgan fingerprint density at radius 3 is 0.784 bits per heavy atom. The van der Waals surface area contributed by atoms with Gasteiger partial charge in [0.1, 0.15) is 0 Å². The van der Waals surface area contributed by atoms with Gasteiger partial charge in [-0.05, 0) is 0 Å². The first-order valence-corrected chi connectivity index (χ1v) is 11.9.